The Bertz CT molecular complexity index is 346. The zero-order valence-electron chi connectivity index (χ0n) is 9.91. The van der Waals surface area contributed by atoms with Gasteiger partial charge in [-0.3, -0.25) is 0 Å². The number of ether oxygens (including phenoxy) is 1. The number of nitrogens with two attached hydrogens (primary N) is 1. The maximum absolute atomic E-state index is 5.85. The van der Waals surface area contributed by atoms with Gasteiger partial charge in [-0.25, -0.2) is 0 Å². The molecule has 0 aromatic heterocycles. The average molecular weight is 220 g/mol. The second kappa shape index (κ2) is 5.10. The maximum Gasteiger partial charge on any atom is 0.142 e. The van der Waals surface area contributed by atoms with Crippen molar-refractivity contribution in [3.05, 3.63) is 18.2 Å². The molecule has 0 aliphatic carbocycles. The summed E-state index contributed by atoms with van der Waals surface area (Å²) in [5.41, 5.74) is 7.81. The highest BCUT2D eigenvalue weighted by atomic mass is 16.5. The van der Waals surface area contributed by atoms with Gasteiger partial charge in [0.2, 0.25) is 0 Å². The minimum atomic E-state index is 0.699. The van der Waals surface area contributed by atoms with E-state index >= 15 is 0 Å². The molecule has 1 heterocycles. The molecule has 1 aliphatic rings. The van der Waals surface area contributed by atoms with Gasteiger partial charge in [-0.05, 0) is 44.4 Å². The number of nitrogens with zero attached hydrogens (tertiary/aromatic N) is 1. The van der Waals surface area contributed by atoms with Crippen LogP contribution in [0.2, 0.25) is 0 Å². The Kier molecular flexibility index (Phi) is 3.54. The molecule has 0 radical (unpaired) electrons. The van der Waals surface area contributed by atoms with Crippen LogP contribution in [0.4, 0.5) is 11.4 Å². The molecule has 0 spiro atoms. The molecule has 2 rings (SSSR count). The summed E-state index contributed by atoms with van der Waals surface area (Å²) in [6, 6.07) is 5.90. The molecule has 1 aromatic rings. The van der Waals surface area contributed by atoms with Gasteiger partial charge in [0.05, 0.1) is 12.3 Å². The Hall–Kier alpha value is -1.38. The van der Waals surface area contributed by atoms with Crippen molar-refractivity contribution >= 4 is 11.4 Å². The minimum absolute atomic E-state index is 0.699. The van der Waals surface area contributed by atoms with Gasteiger partial charge in [0.25, 0.3) is 0 Å². The molecule has 16 heavy (non-hydrogen) atoms. The van der Waals surface area contributed by atoms with E-state index in [1.807, 2.05) is 25.1 Å². The van der Waals surface area contributed by atoms with Crippen LogP contribution < -0.4 is 15.4 Å². The minimum Gasteiger partial charge on any atom is -0.492 e. The van der Waals surface area contributed by atoms with Crippen LogP contribution >= 0.6 is 0 Å². The number of hydrogen-bond acceptors (Lipinski definition) is 3. The summed E-state index contributed by atoms with van der Waals surface area (Å²) in [5, 5.41) is 0. The molecule has 2 N–H and O–H groups in total. The van der Waals surface area contributed by atoms with Crippen molar-refractivity contribution in [1.29, 1.82) is 0 Å². The zero-order chi connectivity index (χ0) is 11.4. The highest BCUT2D eigenvalue weighted by Gasteiger charge is 2.15. The van der Waals surface area contributed by atoms with Crippen LogP contribution in [0.25, 0.3) is 0 Å². The summed E-state index contributed by atoms with van der Waals surface area (Å²) in [7, 11) is 0. The summed E-state index contributed by atoms with van der Waals surface area (Å²) < 4.78 is 5.65. The van der Waals surface area contributed by atoms with Crippen LogP contribution in [0.15, 0.2) is 18.2 Å². The van der Waals surface area contributed by atoms with Crippen molar-refractivity contribution in [2.75, 3.05) is 30.3 Å². The molecule has 1 saturated heterocycles. The van der Waals surface area contributed by atoms with Crippen LogP contribution in [-0.2, 0) is 0 Å². The second-order valence-electron chi connectivity index (χ2n) is 4.21. The molecule has 88 valence electrons. The fourth-order valence-electron chi connectivity index (χ4n) is 2.19. The molecule has 1 aliphatic heterocycles. The lowest BCUT2D eigenvalue weighted by atomic mass is 10.1. The fraction of sp³-hybridized carbons (Fsp3) is 0.538. The molecule has 0 amide bonds. The van der Waals surface area contributed by atoms with Gasteiger partial charge in [-0.2, -0.15) is 0 Å². The van der Waals surface area contributed by atoms with Gasteiger partial charge in [-0.15, -0.1) is 0 Å². The Balaban J connectivity index is 2.24. The first-order valence-corrected chi connectivity index (χ1v) is 6.08. The third kappa shape index (κ3) is 2.40. The van der Waals surface area contributed by atoms with E-state index in [1.165, 1.54) is 19.3 Å². The van der Waals surface area contributed by atoms with E-state index in [0.717, 1.165) is 30.2 Å². The third-order valence-electron chi connectivity index (χ3n) is 2.98. The lowest BCUT2D eigenvalue weighted by Gasteiger charge is -2.30. The van der Waals surface area contributed by atoms with E-state index in [1.54, 1.807) is 0 Å². The third-order valence-corrected chi connectivity index (χ3v) is 2.98. The SMILES string of the molecule is CCOc1ccc(N)cc1N1CCCCC1. The quantitative estimate of drug-likeness (QED) is 0.796. The summed E-state index contributed by atoms with van der Waals surface area (Å²) >= 11 is 0. The fourth-order valence-corrected chi connectivity index (χ4v) is 2.19. The van der Waals surface area contributed by atoms with Crippen LogP contribution in [0, 0.1) is 0 Å². The largest absolute Gasteiger partial charge is 0.492 e. The van der Waals surface area contributed by atoms with Gasteiger partial charge in [0, 0.05) is 18.8 Å². The highest BCUT2D eigenvalue weighted by Crippen LogP contribution is 2.32. The van der Waals surface area contributed by atoms with Crippen LogP contribution in [0.5, 0.6) is 5.75 Å². The first kappa shape index (κ1) is 11.1. The molecule has 0 saturated carbocycles. The lowest BCUT2D eigenvalue weighted by Crippen LogP contribution is -2.29. The maximum atomic E-state index is 5.85. The van der Waals surface area contributed by atoms with Crippen LogP contribution in [0.3, 0.4) is 0 Å². The normalized spacial score (nSPS) is 16.2. The van der Waals surface area contributed by atoms with Crippen molar-refractivity contribution in [3.63, 3.8) is 0 Å². The Labute approximate surface area is 97.2 Å². The van der Waals surface area contributed by atoms with Crippen molar-refractivity contribution in [3.8, 4) is 5.75 Å². The number of nitrogen functional groups attached to an aromatic ring is 1. The monoisotopic (exact) mass is 220 g/mol. The molecule has 3 heteroatoms. The van der Waals surface area contributed by atoms with Gasteiger partial charge in [0.15, 0.2) is 0 Å². The lowest BCUT2D eigenvalue weighted by molar-refractivity contribution is 0.339. The van der Waals surface area contributed by atoms with E-state index in [9.17, 15) is 0 Å². The first-order chi connectivity index (χ1) is 7.81. The van der Waals surface area contributed by atoms with Crippen LogP contribution in [-0.4, -0.2) is 19.7 Å². The summed E-state index contributed by atoms with van der Waals surface area (Å²) in [6.45, 7) is 4.94. The van der Waals surface area contributed by atoms with Gasteiger partial charge < -0.3 is 15.4 Å². The number of rotatable bonds is 3. The van der Waals surface area contributed by atoms with Gasteiger partial charge in [0.1, 0.15) is 5.75 Å². The zero-order valence-corrected chi connectivity index (χ0v) is 9.91. The molecule has 0 bridgehead atoms. The smallest absolute Gasteiger partial charge is 0.142 e. The number of benzene rings is 1. The van der Waals surface area contributed by atoms with Crippen molar-refractivity contribution in [2.45, 2.75) is 26.2 Å². The van der Waals surface area contributed by atoms with E-state index in [2.05, 4.69) is 4.90 Å². The Morgan fingerprint density at radius 1 is 1.25 bits per heavy atom. The van der Waals surface area contributed by atoms with Gasteiger partial charge in [-0.1, -0.05) is 0 Å². The van der Waals surface area contributed by atoms with E-state index in [-0.39, 0.29) is 0 Å². The molecule has 0 atom stereocenters. The molecular weight excluding hydrogens is 200 g/mol. The molecule has 0 unspecified atom stereocenters. The number of anilines is 2. The van der Waals surface area contributed by atoms with Crippen molar-refractivity contribution in [2.24, 2.45) is 0 Å². The summed E-state index contributed by atoms with van der Waals surface area (Å²) in [4.78, 5) is 2.38. The van der Waals surface area contributed by atoms with Gasteiger partial charge >= 0.3 is 0 Å². The summed E-state index contributed by atoms with van der Waals surface area (Å²) in [5.74, 6) is 0.957. The standard InChI is InChI=1S/C13H20N2O/c1-2-16-13-7-6-11(14)10-12(13)15-8-4-3-5-9-15/h6-7,10H,2-5,8-9,14H2,1H3. The topological polar surface area (TPSA) is 38.5 Å². The second-order valence-corrected chi connectivity index (χ2v) is 4.21. The first-order valence-electron chi connectivity index (χ1n) is 6.08. The van der Waals surface area contributed by atoms with E-state index < -0.39 is 0 Å². The molecule has 1 fully saturated rings. The molecule has 1 aromatic carbocycles. The Morgan fingerprint density at radius 2 is 2.00 bits per heavy atom. The summed E-state index contributed by atoms with van der Waals surface area (Å²) in [6.07, 6.45) is 3.86. The highest BCUT2D eigenvalue weighted by molar-refractivity contribution is 5.65. The Morgan fingerprint density at radius 3 is 2.69 bits per heavy atom. The number of piperidine rings is 1. The predicted molar refractivity (Wildman–Crippen MR) is 68.1 cm³/mol. The van der Waals surface area contributed by atoms with Crippen molar-refractivity contribution in [1.82, 2.24) is 0 Å². The van der Waals surface area contributed by atoms with E-state index in [4.69, 9.17) is 10.5 Å². The van der Waals surface area contributed by atoms with Crippen molar-refractivity contribution < 1.29 is 4.74 Å². The average Bonchev–Trinajstić information content (AvgIpc) is 2.33. The number of hydrogen-bond donors (Lipinski definition) is 1. The predicted octanol–water partition coefficient (Wildman–Crippen LogP) is 2.66. The van der Waals surface area contributed by atoms with Crippen LogP contribution in [0.1, 0.15) is 26.2 Å². The van der Waals surface area contributed by atoms with E-state index in [0.29, 0.717) is 6.61 Å². The molecule has 3 nitrogen and oxygen atoms in total. The molecular formula is C13H20N2O.